The molecule has 2 N–H and O–H groups in total. The zero-order valence-electron chi connectivity index (χ0n) is 12.9. The predicted octanol–water partition coefficient (Wildman–Crippen LogP) is 3.11. The van der Waals surface area contributed by atoms with E-state index >= 15 is 0 Å². The molecule has 3 unspecified atom stereocenters. The van der Waals surface area contributed by atoms with E-state index in [4.69, 9.17) is 5.73 Å². The van der Waals surface area contributed by atoms with Gasteiger partial charge in [-0.05, 0) is 37.8 Å². The highest BCUT2D eigenvalue weighted by Crippen LogP contribution is 2.32. The molecule has 0 bridgehead atoms. The van der Waals surface area contributed by atoms with Crippen LogP contribution in [0.5, 0.6) is 0 Å². The molecule has 3 atom stereocenters. The van der Waals surface area contributed by atoms with Crippen LogP contribution in [0.15, 0.2) is 24.3 Å². The normalized spacial score (nSPS) is 24.7. The number of nitrogens with two attached hydrogens (primary N) is 1. The number of benzene rings is 1. The van der Waals surface area contributed by atoms with Crippen molar-refractivity contribution in [3.05, 3.63) is 39.9 Å². The first kappa shape index (κ1) is 15.9. The van der Waals surface area contributed by atoms with Gasteiger partial charge in [0.2, 0.25) is 0 Å². The lowest BCUT2D eigenvalue weighted by Gasteiger charge is -2.42. The number of hydrogen-bond acceptors (Lipinski definition) is 4. The fraction of sp³-hybridized carbons (Fsp3) is 0.625. The molecule has 0 spiro atoms. The highest BCUT2D eigenvalue weighted by molar-refractivity contribution is 5.34. The zero-order chi connectivity index (χ0) is 15.4. The third kappa shape index (κ3) is 3.60. The smallest absolute Gasteiger partial charge is 0.269 e. The van der Waals surface area contributed by atoms with Crippen LogP contribution in [0.25, 0.3) is 0 Å². The van der Waals surface area contributed by atoms with Crippen molar-refractivity contribution >= 4 is 5.69 Å². The van der Waals surface area contributed by atoms with Crippen LogP contribution in [0.3, 0.4) is 0 Å². The van der Waals surface area contributed by atoms with Gasteiger partial charge in [0.1, 0.15) is 0 Å². The summed E-state index contributed by atoms with van der Waals surface area (Å²) in [6, 6.07) is 7.56. The Labute approximate surface area is 126 Å². The van der Waals surface area contributed by atoms with Crippen molar-refractivity contribution < 1.29 is 4.92 Å². The Balaban J connectivity index is 2.11. The maximum atomic E-state index is 10.7. The summed E-state index contributed by atoms with van der Waals surface area (Å²) in [5.41, 5.74) is 7.22. The van der Waals surface area contributed by atoms with Gasteiger partial charge in [-0.15, -0.1) is 0 Å². The van der Waals surface area contributed by atoms with Crippen LogP contribution < -0.4 is 5.73 Å². The summed E-state index contributed by atoms with van der Waals surface area (Å²) in [6.07, 6.45) is 3.59. The summed E-state index contributed by atoms with van der Waals surface area (Å²) in [5, 5.41) is 10.7. The summed E-state index contributed by atoms with van der Waals surface area (Å²) in [5.74, 6) is 0.777. The second-order valence-electron chi connectivity index (χ2n) is 5.95. The number of hydrogen-bond donors (Lipinski definition) is 1. The first-order valence-corrected chi connectivity index (χ1v) is 7.77. The molecule has 5 nitrogen and oxygen atoms in total. The summed E-state index contributed by atoms with van der Waals surface area (Å²) in [4.78, 5) is 12.8. The number of nitrogens with zero attached hydrogens (tertiary/aromatic N) is 2. The van der Waals surface area contributed by atoms with Gasteiger partial charge in [-0.2, -0.15) is 0 Å². The molecule has 0 saturated carbocycles. The van der Waals surface area contributed by atoms with Gasteiger partial charge in [0.05, 0.1) is 4.92 Å². The molecule has 1 heterocycles. The lowest BCUT2D eigenvalue weighted by molar-refractivity contribution is -0.384. The molecular weight excluding hydrogens is 266 g/mol. The van der Waals surface area contributed by atoms with Gasteiger partial charge in [-0.25, -0.2) is 0 Å². The molecule has 1 fully saturated rings. The van der Waals surface area contributed by atoms with Crippen LogP contribution >= 0.6 is 0 Å². The van der Waals surface area contributed by atoms with Crippen LogP contribution in [0.4, 0.5) is 5.69 Å². The average Bonchev–Trinajstić information content (AvgIpc) is 2.53. The molecule has 0 aromatic heterocycles. The molecule has 1 aliphatic rings. The molecule has 1 aromatic rings. The number of nitro groups is 1. The molecule has 1 aliphatic heterocycles. The van der Waals surface area contributed by atoms with Gasteiger partial charge < -0.3 is 5.73 Å². The van der Waals surface area contributed by atoms with Gasteiger partial charge in [0.25, 0.3) is 5.69 Å². The molecule has 2 rings (SSSR count). The highest BCUT2D eigenvalue weighted by Gasteiger charge is 2.30. The first-order chi connectivity index (χ1) is 10.1. The van der Waals surface area contributed by atoms with Crippen LogP contribution in [0.1, 0.15) is 44.7 Å². The molecule has 0 amide bonds. The minimum Gasteiger partial charge on any atom is -0.329 e. The Hall–Kier alpha value is -1.46. The highest BCUT2D eigenvalue weighted by atomic mass is 16.6. The van der Waals surface area contributed by atoms with Crippen molar-refractivity contribution in [3.8, 4) is 0 Å². The van der Waals surface area contributed by atoms with E-state index in [-0.39, 0.29) is 16.7 Å². The zero-order valence-corrected chi connectivity index (χ0v) is 12.9. The molecule has 116 valence electrons. The summed E-state index contributed by atoms with van der Waals surface area (Å²) >= 11 is 0. The van der Waals surface area contributed by atoms with E-state index in [1.807, 2.05) is 12.1 Å². The van der Waals surface area contributed by atoms with Gasteiger partial charge in [0.15, 0.2) is 0 Å². The largest absolute Gasteiger partial charge is 0.329 e. The van der Waals surface area contributed by atoms with E-state index in [1.165, 1.54) is 12.8 Å². The Morgan fingerprint density at radius 3 is 2.62 bits per heavy atom. The van der Waals surface area contributed by atoms with Crippen LogP contribution in [0, 0.1) is 16.0 Å². The second kappa shape index (κ2) is 7.00. The summed E-state index contributed by atoms with van der Waals surface area (Å²) in [7, 11) is 0. The molecule has 1 saturated heterocycles. The second-order valence-corrected chi connectivity index (χ2v) is 5.95. The number of likely N-dealkylation sites (tertiary alicyclic amines) is 1. The van der Waals surface area contributed by atoms with Gasteiger partial charge in [0, 0.05) is 30.8 Å². The van der Waals surface area contributed by atoms with Crippen molar-refractivity contribution in [3.63, 3.8) is 0 Å². The van der Waals surface area contributed by atoms with Gasteiger partial charge >= 0.3 is 0 Å². The molecule has 0 radical (unpaired) electrons. The van der Waals surface area contributed by atoms with Crippen LogP contribution in [-0.2, 0) is 0 Å². The standard InChI is InChI=1S/C16H25N3O2/c1-3-13-8-9-18(16(10-13)11-17)12(2)14-4-6-15(7-5-14)19(20)21/h4-7,12-13,16H,3,8-11,17H2,1-2H3. The first-order valence-electron chi connectivity index (χ1n) is 7.77. The Bertz CT molecular complexity index is 475. The van der Waals surface area contributed by atoms with Crippen molar-refractivity contribution in [2.24, 2.45) is 11.7 Å². The lowest BCUT2D eigenvalue weighted by atomic mass is 9.87. The summed E-state index contributed by atoms with van der Waals surface area (Å²) in [6.45, 7) is 6.14. The monoisotopic (exact) mass is 291 g/mol. The molecule has 0 aliphatic carbocycles. The van der Waals surface area contributed by atoms with E-state index < -0.39 is 0 Å². The van der Waals surface area contributed by atoms with Crippen molar-refractivity contribution in [1.29, 1.82) is 0 Å². The Morgan fingerprint density at radius 2 is 2.10 bits per heavy atom. The minimum absolute atomic E-state index is 0.144. The molecule has 21 heavy (non-hydrogen) atoms. The van der Waals surface area contributed by atoms with E-state index in [0.29, 0.717) is 12.6 Å². The van der Waals surface area contributed by atoms with E-state index in [1.54, 1.807) is 12.1 Å². The average molecular weight is 291 g/mol. The van der Waals surface area contributed by atoms with E-state index in [9.17, 15) is 10.1 Å². The molecular formula is C16H25N3O2. The molecule has 1 aromatic carbocycles. The van der Waals surface area contributed by atoms with Crippen molar-refractivity contribution in [1.82, 2.24) is 4.90 Å². The lowest BCUT2D eigenvalue weighted by Crippen LogP contribution is -2.47. The topological polar surface area (TPSA) is 72.4 Å². The minimum atomic E-state index is -0.357. The van der Waals surface area contributed by atoms with Gasteiger partial charge in [-0.3, -0.25) is 15.0 Å². The number of piperidine rings is 1. The SMILES string of the molecule is CCC1CCN(C(C)c2ccc([N+](=O)[O-])cc2)C(CN)C1. The van der Waals surface area contributed by atoms with Crippen molar-refractivity contribution in [2.45, 2.75) is 45.2 Å². The third-order valence-electron chi connectivity index (χ3n) is 4.80. The van der Waals surface area contributed by atoms with Crippen LogP contribution in [-0.4, -0.2) is 29.0 Å². The third-order valence-corrected chi connectivity index (χ3v) is 4.80. The quantitative estimate of drug-likeness (QED) is 0.668. The van der Waals surface area contributed by atoms with E-state index in [0.717, 1.165) is 24.4 Å². The Morgan fingerprint density at radius 1 is 1.43 bits per heavy atom. The maximum absolute atomic E-state index is 10.7. The molecule has 5 heteroatoms. The fourth-order valence-corrected chi connectivity index (χ4v) is 3.33. The fourth-order valence-electron chi connectivity index (χ4n) is 3.33. The Kier molecular flexibility index (Phi) is 5.31. The number of rotatable bonds is 5. The number of non-ortho nitro benzene ring substituents is 1. The maximum Gasteiger partial charge on any atom is 0.269 e. The van der Waals surface area contributed by atoms with E-state index in [2.05, 4.69) is 18.7 Å². The predicted molar refractivity (Wildman–Crippen MR) is 84.1 cm³/mol. The summed E-state index contributed by atoms with van der Waals surface area (Å²) < 4.78 is 0. The van der Waals surface area contributed by atoms with Crippen LogP contribution in [0.2, 0.25) is 0 Å². The van der Waals surface area contributed by atoms with Crippen molar-refractivity contribution in [2.75, 3.05) is 13.1 Å². The van der Waals surface area contributed by atoms with Gasteiger partial charge in [-0.1, -0.05) is 25.5 Å². The number of nitro benzene ring substituents is 1.